The molecule has 146 valence electrons. The summed E-state index contributed by atoms with van der Waals surface area (Å²) in [6, 6.07) is 20.1. The van der Waals surface area contributed by atoms with E-state index in [1.165, 1.54) is 5.56 Å². The maximum atomic E-state index is 13.5. The van der Waals surface area contributed by atoms with Crippen LogP contribution in [0.15, 0.2) is 77.5 Å². The van der Waals surface area contributed by atoms with Gasteiger partial charge < -0.3 is 9.32 Å². The SMILES string of the molecule is CCc1ccc(CN(Cc2cccnc2)C(=O)c2oc3ccccc3c2C)cc1. The average Bonchev–Trinajstić information content (AvgIpc) is 3.11. The number of furan rings is 1. The summed E-state index contributed by atoms with van der Waals surface area (Å²) in [4.78, 5) is 19.5. The first-order valence-electron chi connectivity index (χ1n) is 9.90. The largest absolute Gasteiger partial charge is 0.451 e. The molecule has 0 aliphatic carbocycles. The van der Waals surface area contributed by atoms with Gasteiger partial charge in [0.05, 0.1) is 0 Å². The molecule has 0 bridgehead atoms. The van der Waals surface area contributed by atoms with E-state index in [9.17, 15) is 4.79 Å². The van der Waals surface area contributed by atoms with Crippen molar-refractivity contribution in [3.63, 3.8) is 0 Å². The lowest BCUT2D eigenvalue weighted by Crippen LogP contribution is -2.30. The number of fused-ring (bicyclic) bond motifs is 1. The average molecular weight is 384 g/mol. The summed E-state index contributed by atoms with van der Waals surface area (Å²) in [6.07, 6.45) is 4.53. The van der Waals surface area contributed by atoms with Gasteiger partial charge in [-0.25, -0.2) is 0 Å². The Balaban J connectivity index is 1.67. The highest BCUT2D eigenvalue weighted by molar-refractivity contribution is 5.98. The van der Waals surface area contributed by atoms with Crippen molar-refractivity contribution in [1.29, 1.82) is 0 Å². The second-order valence-electron chi connectivity index (χ2n) is 7.24. The number of hydrogen-bond donors (Lipinski definition) is 0. The van der Waals surface area contributed by atoms with Crippen LogP contribution in [0.25, 0.3) is 11.0 Å². The molecule has 0 aliphatic rings. The second-order valence-corrected chi connectivity index (χ2v) is 7.24. The monoisotopic (exact) mass is 384 g/mol. The van der Waals surface area contributed by atoms with E-state index in [1.807, 2.05) is 48.2 Å². The lowest BCUT2D eigenvalue weighted by atomic mass is 10.1. The third-order valence-corrected chi connectivity index (χ3v) is 5.23. The van der Waals surface area contributed by atoms with E-state index in [0.717, 1.165) is 34.1 Å². The van der Waals surface area contributed by atoms with E-state index >= 15 is 0 Å². The van der Waals surface area contributed by atoms with Crippen LogP contribution in [0.3, 0.4) is 0 Å². The van der Waals surface area contributed by atoms with Crippen molar-refractivity contribution in [3.8, 4) is 0 Å². The fraction of sp³-hybridized carbons (Fsp3) is 0.200. The summed E-state index contributed by atoms with van der Waals surface area (Å²) in [5.41, 5.74) is 4.98. The van der Waals surface area contributed by atoms with Gasteiger partial charge in [0.1, 0.15) is 5.58 Å². The molecule has 4 aromatic rings. The molecule has 2 heterocycles. The van der Waals surface area contributed by atoms with Crippen LogP contribution in [0.4, 0.5) is 0 Å². The van der Waals surface area contributed by atoms with Crippen LogP contribution in [-0.2, 0) is 19.5 Å². The minimum absolute atomic E-state index is 0.109. The number of para-hydroxylation sites is 1. The van der Waals surface area contributed by atoms with Crippen LogP contribution < -0.4 is 0 Å². The van der Waals surface area contributed by atoms with Gasteiger partial charge in [-0.15, -0.1) is 0 Å². The van der Waals surface area contributed by atoms with E-state index in [2.05, 4.69) is 36.2 Å². The molecule has 2 aromatic carbocycles. The third kappa shape index (κ3) is 4.06. The number of rotatable bonds is 6. The molecule has 0 spiro atoms. The van der Waals surface area contributed by atoms with Gasteiger partial charge in [0, 0.05) is 36.4 Å². The van der Waals surface area contributed by atoms with Crippen molar-refractivity contribution < 1.29 is 9.21 Å². The molecule has 0 saturated carbocycles. The Labute approximate surface area is 170 Å². The van der Waals surface area contributed by atoms with Gasteiger partial charge in [0.15, 0.2) is 5.76 Å². The molecule has 4 heteroatoms. The smallest absolute Gasteiger partial charge is 0.290 e. The summed E-state index contributed by atoms with van der Waals surface area (Å²) < 4.78 is 5.95. The molecule has 29 heavy (non-hydrogen) atoms. The number of aromatic nitrogens is 1. The fourth-order valence-corrected chi connectivity index (χ4v) is 3.53. The van der Waals surface area contributed by atoms with E-state index < -0.39 is 0 Å². The van der Waals surface area contributed by atoms with Crippen LogP contribution >= 0.6 is 0 Å². The standard InChI is InChI=1S/C25H24N2O2/c1-3-19-10-12-20(13-11-19)16-27(17-21-7-6-14-26-15-21)25(28)24-18(2)22-8-4-5-9-23(22)29-24/h4-15H,3,16-17H2,1-2H3. The summed E-state index contributed by atoms with van der Waals surface area (Å²) >= 11 is 0. The number of hydrogen-bond acceptors (Lipinski definition) is 3. The van der Waals surface area contributed by atoms with Gasteiger partial charge in [0.25, 0.3) is 5.91 Å². The number of nitrogens with zero attached hydrogens (tertiary/aromatic N) is 2. The zero-order valence-electron chi connectivity index (χ0n) is 16.8. The van der Waals surface area contributed by atoms with Gasteiger partial charge >= 0.3 is 0 Å². The zero-order valence-corrected chi connectivity index (χ0v) is 16.8. The van der Waals surface area contributed by atoms with Gasteiger partial charge in [-0.1, -0.05) is 55.5 Å². The molecule has 0 radical (unpaired) electrons. The molecule has 4 nitrogen and oxygen atoms in total. The summed E-state index contributed by atoms with van der Waals surface area (Å²) in [5, 5.41) is 0.976. The van der Waals surface area contributed by atoms with Gasteiger partial charge in [-0.2, -0.15) is 0 Å². The normalized spacial score (nSPS) is 11.0. The Bertz CT molecular complexity index is 1110. The Morgan fingerprint density at radius 2 is 1.66 bits per heavy atom. The van der Waals surface area contributed by atoms with Crippen molar-refractivity contribution in [2.75, 3.05) is 0 Å². The highest BCUT2D eigenvalue weighted by Gasteiger charge is 2.23. The minimum atomic E-state index is -0.109. The number of amides is 1. The maximum absolute atomic E-state index is 13.5. The minimum Gasteiger partial charge on any atom is -0.451 e. The highest BCUT2D eigenvalue weighted by Crippen LogP contribution is 2.27. The third-order valence-electron chi connectivity index (χ3n) is 5.23. The number of carbonyl (C=O) groups excluding carboxylic acids is 1. The van der Waals surface area contributed by atoms with Crippen LogP contribution in [0.5, 0.6) is 0 Å². The molecule has 0 aliphatic heterocycles. The Hall–Kier alpha value is -3.40. The van der Waals surface area contributed by atoms with E-state index in [-0.39, 0.29) is 5.91 Å². The first kappa shape index (κ1) is 18.9. The Morgan fingerprint density at radius 1 is 0.931 bits per heavy atom. The van der Waals surface area contributed by atoms with Crippen LogP contribution in [0.1, 0.15) is 39.7 Å². The topological polar surface area (TPSA) is 46.3 Å². The quantitative estimate of drug-likeness (QED) is 0.438. The van der Waals surface area contributed by atoms with Gasteiger partial charge in [-0.3, -0.25) is 9.78 Å². The van der Waals surface area contributed by atoms with Crippen molar-refractivity contribution in [2.45, 2.75) is 33.4 Å². The van der Waals surface area contributed by atoms with Crippen LogP contribution in [-0.4, -0.2) is 15.8 Å². The number of benzene rings is 2. The second kappa shape index (κ2) is 8.31. The number of carbonyl (C=O) groups is 1. The van der Waals surface area contributed by atoms with Crippen LogP contribution in [0.2, 0.25) is 0 Å². The summed E-state index contributed by atoms with van der Waals surface area (Å²) in [5.74, 6) is 0.294. The lowest BCUT2D eigenvalue weighted by Gasteiger charge is -2.22. The number of pyridine rings is 1. The molecule has 0 atom stereocenters. The fourth-order valence-electron chi connectivity index (χ4n) is 3.53. The van der Waals surface area contributed by atoms with Gasteiger partial charge in [0.2, 0.25) is 0 Å². The number of aryl methyl sites for hydroxylation is 2. The summed E-state index contributed by atoms with van der Waals surface area (Å²) in [6.45, 7) is 5.06. The summed E-state index contributed by atoms with van der Waals surface area (Å²) in [7, 11) is 0. The van der Waals surface area contributed by atoms with Crippen molar-refractivity contribution >= 4 is 16.9 Å². The van der Waals surface area contributed by atoms with E-state index in [4.69, 9.17) is 4.42 Å². The van der Waals surface area contributed by atoms with Crippen molar-refractivity contribution in [1.82, 2.24) is 9.88 Å². The molecule has 2 aromatic heterocycles. The highest BCUT2D eigenvalue weighted by atomic mass is 16.3. The van der Waals surface area contributed by atoms with E-state index in [1.54, 1.807) is 12.4 Å². The van der Waals surface area contributed by atoms with Crippen molar-refractivity contribution in [3.05, 3.63) is 101 Å². The first-order valence-corrected chi connectivity index (χ1v) is 9.90. The molecular formula is C25H24N2O2. The molecule has 4 rings (SSSR count). The maximum Gasteiger partial charge on any atom is 0.290 e. The Kier molecular flexibility index (Phi) is 5.43. The lowest BCUT2D eigenvalue weighted by molar-refractivity contribution is 0.0699. The molecule has 0 unspecified atom stereocenters. The molecule has 0 saturated heterocycles. The first-order chi connectivity index (χ1) is 14.2. The predicted molar refractivity (Wildman–Crippen MR) is 115 cm³/mol. The predicted octanol–water partition coefficient (Wildman–Crippen LogP) is 5.54. The zero-order chi connectivity index (χ0) is 20.2. The molecule has 0 N–H and O–H groups in total. The van der Waals surface area contributed by atoms with Crippen LogP contribution in [0, 0.1) is 6.92 Å². The molecular weight excluding hydrogens is 360 g/mol. The molecule has 1 amide bonds. The van der Waals surface area contributed by atoms with Crippen molar-refractivity contribution in [2.24, 2.45) is 0 Å². The van der Waals surface area contributed by atoms with Gasteiger partial charge in [-0.05, 0) is 42.2 Å². The molecule has 0 fully saturated rings. The Morgan fingerprint density at radius 3 is 2.34 bits per heavy atom. The van der Waals surface area contributed by atoms with E-state index in [0.29, 0.717) is 18.8 Å².